The van der Waals surface area contributed by atoms with Crippen LogP contribution in [-0.4, -0.2) is 33.4 Å². The van der Waals surface area contributed by atoms with Gasteiger partial charge in [-0.05, 0) is 86.0 Å². The summed E-state index contributed by atoms with van der Waals surface area (Å²) in [6.07, 6.45) is 6.20. The van der Waals surface area contributed by atoms with Gasteiger partial charge in [-0.3, -0.25) is 9.78 Å². The van der Waals surface area contributed by atoms with Crippen molar-refractivity contribution in [2.75, 3.05) is 11.9 Å². The number of carbonyl (C=O) groups excluding carboxylic acids is 1. The fourth-order valence-electron chi connectivity index (χ4n) is 3.83. The molecule has 1 fully saturated rings. The molecule has 1 amide bonds. The third kappa shape index (κ3) is 5.00. The first-order chi connectivity index (χ1) is 15.5. The molecule has 3 aromatic heterocycles. The molecule has 1 aliphatic heterocycles. The molecule has 4 aromatic rings. The highest BCUT2D eigenvalue weighted by atomic mass is 19.1. The van der Waals surface area contributed by atoms with E-state index in [0.717, 1.165) is 33.8 Å². The third-order valence-electron chi connectivity index (χ3n) is 5.37. The van der Waals surface area contributed by atoms with Crippen molar-refractivity contribution in [3.63, 3.8) is 0 Å². The van der Waals surface area contributed by atoms with Crippen LogP contribution in [0.5, 0.6) is 0 Å². The fraction of sp³-hybridized carbons (Fsp3) is 0.240. The maximum absolute atomic E-state index is 13.3. The van der Waals surface area contributed by atoms with E-state index in [-0.39, 0.29) is 11.7 Å². The number of benzene rings is 1. The first kappa shape index (κ1) is 21.6. The molecule has 1 aromatic carbocycles. The molecule has 1 atom stereocenters. The van der Waals surface area contributed by atoms with E-state index in [4.69, 9.17) is 0 Å². The Morgan fingerprint density at radius 2 is 1.81 bits per heavy atom. The van der Waals surface area contributed by atoms with Gasteiger partial charge in [0, 0.05) is 36.3 Å². The number of nitrogens with one attached hydrogen (secondary N) is 3. The highest BCUT2D eigenvalue weighted by molar-refractivity contribution is 6.03. The predicted molar refractivity (Wildman–Crippen MR) is 126 cm³/mol. The van der Waals surface area contributed by atoms with Crippen molar-refractivity contribution < 1.29 is 9.18 Å². The molecule has 0 bridgehead atoms. The highest BCUT2D eigenvalue weighted by Gasteiger charge is 2.16. The number of aromatic amines is 1. The smallest absolute Gasteiger partial charge is 0.222 e. The highest BCUT2D eigenvalue weighted by Crippen LogP contribution is 2.38. The maximum Gasteiger partial charge on any atom is 0.222 e. The lowest BCUT2D eigenvalue weighted by atomic mass is 10.00. The minimum Gasteiger partial charge on any atom is -0.339 e. The van der Waals surface area contributed by atoms with Crippen molar-refractivity contribution in [2.24, 2.45) is 0 Å². The van der Waals surface area contributed by atoms with Crippen molar-refractivity contribution >= 4 is 22.8 Å². The molecule has 4 heterocycles. The number of H-pyrrole nitrogens is 1. The quantitative estimate of drug-likeness (QED) is 0.419. The number of nitrogens with zero attached hydrogens (tertiary/aromatic N) is 2. The number of anilines is 1. The third-order valence-corrected chi connectivity index (χ3v) is 5.37. The van der Waals surface area contributed by atoms with E-state index in [9.17, 15) is 9.18 Å². The molecular weight excluding hydrogens is 405 g/mol. The molecule has 164 valence electrons. The minimum atomic E-state index is -0.290. The first-order valence-electron chi connectivity index (χ1n) is 10.7. The van der Waals surface area contributed by atoms with Crippen LogP contribution >= 0.6 is 0 Å². The van der Waals surface area contributed by atoms with E-state index >= 15 is 0 Å². The molecule has 0 saturated carbocycles. The van der Waals surface area contributed by atoms with Crippen molar-refractivity contribution in [2.45, 2.75) is 32.7 Å². The Labute approximate surface area is 186 Å². The number of hydrogen-bond donors (Lipinski definition) is 3. The van der Waals surface area contributed by atoms with Gasteiger partial charge in [-0.15, -0.1) is 0 Å². The van der Waals surface area contributed by atoms with Crippen LogP contribution < -0.4 is 10.6 Å². The van der Waals surface area contributed by atoms with Crippen LogP contribution in [0.1, 0.15) is 26.7 Å². The number of carbonyl (C=O) groups is 1. The van der Waals surface area contributed by atoms with Gasteiger partial charge in [0.1, 0.15) is 17.3 Å². The van der Waals surface area contributed by atoms with Gasteiger partial charge >= 0.3 is 0 Å². The zero-order valence-corrected chi connectivity index (χ0v) is 18.2. The van der Waals surface area contributed by atoms with Gasteiger partial charge in [0.05, 0.1) is 5.69 Å². The van der Waals surface area contributed by atoms with E-state index < -0.39 is 0 Å². The SMILES string of the molecule is CC(=O)Nc1ccc2c(-c3ccncc3)c(-c3ccc(F)cc3)[nH]c2n1.C[C@@H]1CCCN1. The lowest BCUT2D eigenvalue weighted by Crippen LogP contribution is -2.16. The van der Waals surface area contributed by atoms with E-state index in [1.165, 1.54) is 38.4 Å². The largest absolute Gasteiger partial charge is 0.339 e. The summed E-state index contributed by atoms with van der Waals surface area (Å²) in [5.41, 5.74) is 4.24. The monoisotopic (exact) mass is 431 g/mol. The zero-order chi connectivity index (χ0) is 22.5. The van der Waals surface area contributed by atoms with Gasteiger partial charge in [-0.1, -0.05) is 0 Å². The second kappa shape index (κ2) is 9.70. The van der Waals surface area contributed by atoms with Crippen molar-refractivity contribution in [3.8, 4) is 22.4 Å². The summed E-state index contributed by atoms with van der Waals surface area (Å²) in [5, 5.41) is 6.91. The van der Waals surface area contributed by atoms with Crippen LogP contribution in [-0.2, 0) is 4.79 Å². The van der Waals surface area contributed by atoms with E-state index in [1.54, 1.807) is 30.6 Å². The fourth-order valence-corrected chi connectivity index (χ4v) is 3.83. The number of hydrogen-bond acceptors (Lipinski definition) is 4. The van der Waals surface area contributed by atoms with Crippen LogP contribution in [0.4, 0.5) is 10.2 Å². The lowest BCUT2D eigenvalue weighted by Gasteiger charge is -2.05. The van der Waals surface area contributed by atoms with E-state index in [1.807, 2.05) is 18.2 Å². The summed E-state index contributed by atoms with van der Waals surface area (Å²) in [4.78, 5) is 23.2. The van der Waals surface area contributed by atoms with E-state index in [2.05, 4.69) is 32.5 Å². The number of pyridine rings is 2. The van der Waals surface area contributed by atoms with Crippen molar-refractivity contribution in [1.29, 1.82) is 0 Å². The number of halogens is 1. The van der Waals surface area contributed by atoms with Crippen LogP contribution in [0.3, 0.4) is 0 Å². The van der Waals surface area contributed by atoms with Gasteiger partial charge in [0.2, 0.25) is 5.91 Å². The van der Waals surface area contributed by atoms with Gasteiger partial charge in [0.25, 0.3) is 0 Å². The Morgan fingerprint density at radius 1 is 1.06 bits per heavy atom. The molecule has 3 N–H and O–H groups in total. The molecule has 7 heteroatoms. The number of rotatable bonds is 3. The first-order valence-corrected chi connectivity index (χ1v) is 10.7. The van der Waals surface area contributed by atoms with Gasteiger partial charge in [0.15, 0.2) is 0 Å². The lowest BCUT2D eigenvalue weighted by molar-refractivity contribution is -0.114. The Balaban J connectivity index is 0.000000354. The standard InChI is InChI=1S/C20H15FN4O.C5H11N/c1-12(26)23-17-7-6-16-18(13-8-10-22-11-9-13)19(25-20(16)24-17)14-2-4-15(21)5-3-14;1-5-3-2-4-6-5/h2-11H,1H3,(H2,23,24,25,26);5-6H,2-4H2,1H3/t;5-/m.1/s1. The molecule has 0 aliphatic carbocycles. The van der Waals surface area contributed by atoms with Crippen LogP contribution in [0.25, 0.3) is 33.4 Å². The molecule has 1 aliphatic rings. The second-order valence-corrected chi connectivity index (χ2v) is 7.89. The van der Waals surface area contributed by atoms with E-state index in [0.29, 0.717) is 11.5 Å². The molecular formula is C25H26FN5O. The summed E-state index contributed by atoms with van der Waals surface area (Å²) in [5.74, 6) is -0.00361. The Kier molecular flexibility index (Phi) is 6.56. The molecule has 6 nitrogen and oxygen atoms in total. The van der Waals surface area contributed by atoms with Crippen molar-refractivity contribution in [1.82, 2.24) is 20.3 Å². The molecule has 1 saturated heterocycles. The summed E-state index contributed by atoms with van der Waals surface area (Å²) >= 11 is 0. The number of amides is 1. The van der Waals surface area contributed by atoms with Crippen LogP contribution in [0, 0.1) is 5.82 Å². The normalized spacial score (nSPS) is 15.3. The Hall–Kier alpha value is -3.58. The summed E-state index contributed by atoms with van der Waals surface area (Å²) < 4.78 is 13.3. The number of fused-ring (bicyclic) bond motifs is 1. The maximum atomic E-state index is 13.3. The summed E-state index contributed by atoms with van der Waals surface area (Å²) in [6, 6.07) is 14.6. The summed E-state index contributed by atoms with van der Waals surface area (Å²) in [7, 11) is 0. The van der Waals surface area contributed by atoms with Gasteiger partial charge < -0.3 is 15.6 Å². The zero-order valence-electron chi connectivity index (χ0n) is 18.2. The van der Waals surface area contributed by atoms with Gasteiger partial charge in [-0.25, -0.2) is 9.37 Å². The molecule has 0 unspecified atom stereocenters. The average Bonchev–Trinajstić information content (AvgIpc) is 3.41. The Bertz CT molecular complexity index is 1200. The molecule has 5 rings (SSSR count). The summed E-state index contributed by atoms with van der Waals surface area (Å²) in [6.45, 7) is 4.90. The Morgan fingerprint density at radius 3 is 2.41 bits per heavy atom. The molecule has 0 spiro atoms. The number of aromatic nitrogens is 3. The topological polar surface area (TPSA) is 82.7 Å². The van der Waals surface area contributed by atoms with Crippen molar-refractivity contribution in [3.05, 3.63) is 66.7 Å². The van der Waals surface area contributed by atoms with Crippen LogP contribution in [0.15, 0.2) is 60.9 Å². The molecule has 0 radical (unpaired) electrons. The van der Waals surface area contributed by atoms with Crippen LogP contribution in [0.2, 0.25) is 0 Å². The predicted octanol–water partition coefficient (Wildman–Crippen LogP) is 5.15. The minimum absolute atomic E-state index is 0.184. The second-order valence-electron chi connectivity index (χ2n) is 7.89. The molecule has 32 heavy (non-hydrogen) atoms. The average molecular weight is 432 g/mol. The van der Waals surface area contributed by atoms with Gasteiger partial charge in [-0.2, -0.15) is 0 Å².